The molecule has 3 aromatic rings. The summed E-state index contributed by atoms with van der Waals surface area (Å²) in [5.41, 5.74) is 5.60. The van der Waals surface area contributed by atoms with Crippen LogP contribution in [-0.4, -0.2) is 17.7 Å². The van der Waals surface area contributed by atoms with E-state index in [9.17, 15) is 0 Å². The predicted molar refractivity (Wildman–Crippen MR) is 114 cm³/mol. The highest BCUT2D eigenvalue weighted by Crippen LogP contribution is 2.42. The van der Waals surface area contributed by atoms with E-state index in [4.69, 9.17) is 9.47 Å². The number of nitrogens with one attached hydrogen (secondary N) is 1. The van der Waals surface area contributed by atoms with Gasteiger partial charge in [-0.05, 0) is 76.5 Å². The first-order chi connectivity index (χ1) is 12.9. The van der Waals surface area contributed by atoms with Crippen LogP contribution in [0.5, 0.6) is 11.5 Å². The first kappa shape index (κ1) is 17.7. The van der Waals surface area contributed by atoms with Crippen molar-refractivity contribution in [2.24, 2.45) is 0 Å². The number of allylic oxidation sites excluding steroid dienone is 2. The molecule has 1 atom stereocenters. The average Bonchev–Trinajstić information content (AvgIpc) is 2.99. The summed E-state index contributed by atoms with van der Waals surface area (Å²) in [6, 6.07) is 8.41. The van der Waals surface area contributed by atoms with Gasteiger partial charge in [-0.3, -0.25) is 0 Å². The molecule has 0 amide bonds. The van der Waals surface area contributed by atoms with E-state index in [0.29, 0.717) is 0 Å². The van der Waals surface area contributed by atoms with Gasteiger partial charge in [-0.2, -0.15) is 0 Å². The summed E-state index contributed by atoms with van der Waals surface area (Å²) in [6.45, 7) is 8.59. The number of aromatic amines is 1. The van der Waals surface area contributed by atoms with Crippen molar-refractivity contribution in [3.8, 4) is 11.5 Å². The topological polar surface area (TPSA) is 34.2 Å². The largest absolute Gasteiger partial charge is 0.497 e. The zero-order chi connectivity index (χ0) is 19.2. The number of hydrogen-bond donors (Lipinski definition) is 1. The van der Waals surface area contributed by atoms with Gasteiger partial charge in [0.1, 0.15) is 17.1 Å². The molecule has 0 radical (unpaired) electrons. The molecule has 0 aliphatic carbocycles. The second-order valence-electron chi connectivity index (χ2n) is 7.96. The molecule has 0 fully saturated rings. The van der Waals surface area contributed by atoms with Crippen molar-refractivity contribution in [3.05, 3.63) is 53.1 Å². The van der Waals surface area contributed by atoms with Crippen LogP contribution in [0.1, 0.15) is 44.7 Å². The lowest BCUT2D eigenvalue weighted by Crippen LogP contribution is -2.32. The van der Waals surface area contributed by atoms with Crippen LogP contribution in [0.2, 0.25) is 0 Å². The van der Waals surface area contributed by atoms with Crippen LogP contribution in [0.25, 0.3) is 27.9 Å². The van der Waals surface area contributed by atoms with Crippen LogP contribution in [0.3, 0.4) is 0 Å². The van der Waals surface area contributed by atoms with E-state index < -0.39 is 0 Å². The number of benzene rings is 2. The molecule has 2 heterocycles. The number of H-pyrrole nitrogens is 1. The molecular formula is C24H27NO2. The highest BCUT2D eigenvalue weighted by Gasteiger charge is 2.29. The summed E-state index contributed by atoms with van der Waals surface area (Å²) >= 11 is 0. The highest BCUT2D eigenvalue weighted by atomic mass is 16.5. The highest BCUT2D eigenvalue weighted by molar-refractivity contribution is 6.11. The van der Waals surface area contributed by atoms with Crippen molar-refractivity contribution in [3.63, 3.8) is 0 Å². The van der Waals surface area contributed by atoms with E-state index in [1.165, 1.54) is 21.9 Å². The predicted octanol–water partition coefficient (Wildman–Crippen LogP) is 6.55. The number of hydrogen-bond acceptors (Lipinski definition) is 2. The van der Waals surface area contributed by atoms with E-state index in [1.54, 1.807) is 7.11 Å². The number of fused-ring (bicyclic) bond motifs is 5. The molecule has 0 saturated carbocycles. The van der Waals surface area contributed by atoms with Gasteiger partial charge in [0.2, 0.25) is 0 Å². The second-order valence-corrected chi connectivity index (χ2v) is 7.96. The summed E-state index contributed by atoms with van der Waals surface area (Å²) in [6.07, 6.45) is 8.70. The Kier molecular flexibility index (Phi) is 4.26. The number of aromatic nitrogens is 1. The molecule has 0 bridgehead atoms. The third kappa shape index (κ3) is 3.12. The maximum Gasteiger partial charge on any atom is 0.132 e. The van der Waals surface area contributed by atoms with Crippen molar-refractivity contribution >= 4 is 27.9 Å². The van der Waals surface area contributed by atoms with Gasteiger partial charge in [-0.15, -0.1) is 0 Å². The molecule has 0 spiro atoms. The van der Waals surface area contributed by atoms with Gasteiger partial charge in [0.05, 0.1) is 18.1 Å². The molecule has 3 heteroatoms. The van der Waals surface area contributed by atoms with Crippen LogP contribution in [0.4, 0.5) is 0 Å². The average molecular weight is 361 g/mol. The molecule has 1 N–H and O–H groups in total. The van der Waals surface area contributed by atoms with Gasteiger partial charge in [-0.25, -0.2) is 0 Å². The Morgan fingerprint density at radius 3 is 2.78 bits per heavy atom. The molecule has 27 heavy (non-hydrogen) atoms. The van der Waals surface area contributed by atoms with Gasteiger partial charge >= 0.3 is 0 Å². The zero-order valence-corrected chi connectivity index (χ0v) is 16.8. The standard InChI is InChI=1S/C24H27NO2/c1-15(2)7-6-11-24(4)12-10-19-22-20(13-16(3)23(19)27-24)18-9-8-17(26-5)14-21(18)25-22/h7-10,12-14,25H,6,11H2,1-5H3/t24-/m1/s1. The van der Waals surface area contributed by atoms with Gasteiger partial charge in [0.25, 0.3) is 0 Å². The third-order valence-electron chi connectivity index (χ3n) is 5.41. The summed E-state index contributed by atoms with van der Waals surface area (Å²) in [5, 5.41) is 2.44. The Morgan fingerprint density at radius 1 is 1.22 bits per heavy atom. The molecule has 3 nitrogen and oxygen atoms in total. The van der Waals surface area contributed by atoms with Crippen molar-refractivity contribution in [2.75, 3.05) is 7.11 Å². The van der Waals surface area contributed by atoms with Crippen molar-refractivity contribution in [2.45, 2.75) is 46.1 Å². The summed E-state index contributed by atoms with van der Waals surface area (Å²) < 4.78 is 11.9. The van der Waals surface area contributed by atoms with Crippen LogP contribution in [0.15, 0.2) is 42.0 Å². The minimum Gasteiger partial charge on any atom is -0.497 e. The quantitative estimate of drug-likeness (QED) is 0.535. The van der Waals surface area contributed by atoms with E-state index in [1.807, 2.05) is 12.1 Å². The van der Waals surface area contributed by atoms with Crippen molar-refractivity contribution < 1.29 is 9.47 Å². The number of aryl methyl sites for hydroxylation is 1. The lowest BCUT2D eigenvalue weighted by Gasteiger charge is -2.32. The number of ether oxygens (including phenoxy) is 2. The second kappa shape index (κ2) is 6.49. The van der Waals surface area contributed by atoms with E-state index in [0.717, 1.165) is 40.9 Å². The third-order valence-corrected chi connectivity index (χ3v) is 5.41. The molecule has 4 rings (SSSR count). The number of rotatable bonds is 4. The Bertz CT molecular complexity index is 1080. The Hall–Kier alpha value is -2.68. The van der Waals surface area contributed by atoms with E-state index >= 15 is 0 Å². The smallest absolute Gasteiger partial charge is 0.132 e. The SMILES string of the molecule is COc1ccc2c(c1)[nH]c1c3c(c(C)cc12)O[C@](C)(CCC=C(C)C)C=C3. The summed E-state index contributed by atoms with van der Waals surface area (Å²) in [4.78, 5) is 3.57. The minimum atomic E-state index is -0.271. The zero-order valence-electron chi connectivity index (χ0n) is 16.8. The summed E-state index contributed by atoms with van der Waals surface area (Å²) in [7, 11) is 1.70. The molecular weight excluding hydrogens is 334 g/mol. The van der Waals surface area contributed by atoms with Crippen molar-refractivity contribution in [1.82, 2.24) is 4.98 Å². The van der Waals surface area contributed by atoms with Gasteiger partial charge < -0.3 is 14.5 Å². The first-order valence-electron chi connectivity index (χ1n) is 9.55. The Labute approximate surface area is 160 Å². The molecule has 0 unspecified atom stereocenters. The summed E-state index contributed by atoms with van der Waals surface area (Å²) in [5.74, 6) is 1.85. The maximum atomic E-state index is 6.52. The van der Waals surface area contributed by atoms with E-state index in [-0.39, 0.29) is 5.60 Å². The van der Waals surface area contributed by atoms with Gasteiger partial charge in [-0.1, -0.05) is 11.6 Å². The van der Waals surface area contributed by atoms with Crippen molar-refractivity contribution in [1.29, 1.82) is 0 Å². The normalized spacial score (nSPS) is 18.4. The lowest BCUT2D eigenvalue weighted by atomic mass is 9.92. The Morgan fingerprint density at radius 2 is 2.04 bits per heavy atom. The Balaban J connectivity index is 1.80. The monoisotopic (exact) mass is 361 g/mol. The minimum absolute atomic E-state index is 0.271. The molecule has 140 valence electrons. The van der Waals surface area contributed by atoms with Gasteiger partial charge in [0.15, 0.2) is 0 Å². The van der Waals surface area contributed by atoms with Crippen LogP contribution >= 0.6 is 0 Å². The fourth-order valence-corrected chi connectivity index (χ4v) is 3.90. The molecule has 0 saturated heterocycles. The lowest BCUT2D eigenvalue weighted by molar-refractivity contribution is 0.128. The van der Waals surface area contributed by atoms with E-state index in [2.05, 4.69) is 63.0 Å². The fraction of sp³-hybridized carbons (Fsp3) is 0.333. The molecule has 1 aromatic heterocycles. The van der Waals surface area contributed by atoms with Gasteiger partial charge in [0, 0.05) is 22.4 Å². The number of methoxy groups -OCH3 is 1. The molecule has 1 aliphatic rings. The fourth-order valence-electron chi connectivity index (χ4n) is 3.90. The first-order valence-corrected chi connectivity index (χ1v) is 9.55. The van der Waals surface area contributed by atoms with Crippen LogP contribution in [0, 0.1) is 6.92 Å². The van der Waals surface area contributed by atoms with Crippen LogP contribution in [-0.2, 0) is 0 Å². The molecule has 1 aliphatic heterocycles. The van der Waals surface area contributed by atoms with Crippen LogP contribution < -0.4 is 9.47 Å². The molecule has 2 aromatic carbocycles. The maximum absolute atomic E-state index is 6.52.